The molecule has 2 aromatic heterocycles. The molecule has 0 spiro atoms. The Kier molecular flexibility index (Phi) is 6.32. The highest BCUT2D eigenvalue weighted by Crippen LogP contribution is 2.30. The summed E-state index contributed by atoms with van der Waals surface area (Å²) in [5.74, 6) is 0.798. The van der Waals surface area contributed by atoms with Gasteiger partial charge >= 0.3 is 0 Å². The van der Waals surface area contributed by atoms with E-state index in [-0.39, 0.29) is 5.91 Å². The quantitative estimate of drug-likeness (QED) is 0.567. The van der Waals surface area contributed by atoms with Gasteiger partial charge in [-0.2, -0.15) is 0 Å². The number of para-hydroxylation sites is 1. The second-order valence-corrected chi connectivity index (χ2v) is 7.55. The van der Waals surface area contributed by atoms with Gasteiger partial charge in [-0.05, 0) is 39.3 Å². The van der Waals surface area contributed by atoms with Gasteiger partial charge in [0.05, 0.1) is 16.8 Å². The molecular formula is C23H29N5O. The molecule has 1 amide bonds. The highest BCUT2D eigenvalue weighted by Gasteiger charge is 2.21. The van der Waals surface area contributed by atoms with Gasteiger partial charge < -0.3 is 15.6 Å². The average Bonchev–Trinajstić information content (AvgIpc) is 3.11. The molecule has 6 heteroatoms. The number of carbonyl (C=O) groups is 1. The second-order valence-electron chi connectivity index (χ2n) is 7.55. The summed E-state index contributed by atoms with van der Waals surface area (Å²) in [6, 6.07) is 7.88. The van der Waals surface area contributed by atoms with E-state index in [4.69, 9.17) is 9.97 Å². The Bertz CT molecular complexity index is 1050. The molecule has 0 saturated carbocycles. The van der Waals surface area contributed by atoms with Gasteiger partial charge in [-0.1, -0.05) is 24.6 Å². The first-order chi connectivity index (χ1) is 13.9. The Labute approximate surface area is 171 Å². The standard InChI is InChI=1S/C19H21N5O.C4H8/c1-3-8-20-18-11(2)22-15-6-4-5-12(17(15)24-18)16-10-13-14(23-16)7-9-21-19(13)25;1-4(2)3/h4-6,10,23H,3,7-9H2,1-2H3,(H,20,24)(H,21,25);1H2,2-3H3. The van der Waals surface area contributed by atoms with Crippen LogP contribution in [-0.2, 0) is 6.42 Å². The molecule has 4 rings (SSSR count). The molecule has 29 heavy (non-hydrogen) atoms. The molecule has 0 fully saturated rings. The van der Waals surface area contributed by atoms with Gasteiger partial charge in [-0.3, -0.25) is 4.79 Å². The molecule has 0 radical (unpaired) electrons. The average molecular weight is 392 g/mol. The minimum Gasteiger partial charge on any atom is -0.369 e. The number of aromatic amines is 1. The van der Waals surface area contributed by atoms with E-state index in [1.54, 1.807) is 0 Å². The molecule has 1 aliphatic heterocycles. The number of aromatic nitrogens is 3. The number of fused-ring (bicyclic) bond motifs is 2. The SMILES string of the molecule is C=C(C)C.CCCNc1nc2c(-c3cc4c([nH]3)CCNC4=O)cccc2nc1C. The van der Waals surface area contributed by atoms with Crippen LogP contribution >= 0.6 is 0 Å². The smallest absolute Gasteiger partial charge is 0.253 e. The summed E-state index contributed by atoms with van der Waals surface area (Å²) in [7, 11) is 0. The summed E-state index contributed by atoms with van der Waals surface area (Å²) < 4.78 is 0. The van der Waals surface area contributed by atoms with Crippen LogP contribution in [0.4, 0.5) is 5.82 Å². The van der Waals surface area contributed by atoms with Crippen LogP contribution in [0, 0.1) is 6.92 Å². The fourth-order valence-electron chi connectivity index (χ4n) is 3.23. The lowest BCUT2D eigenvalue weighted by Crippen LogP contribution is -2.31. The number of aryl methyl sites for hydroxylation is 1. The Hall–Kier alpha value is -3.15. The summed E-state index contributed by atoms with van der Waals surface area (Å²) in [6.07, 6.45) is 1.85. The molecule has 3 aromatic rings. The maximum absolute atomic E-state index is 12.0. The maximum Gasteiger partial charge on any atom is 0.253 e. The summed E-state index contributed by atoms with van der Waals surface area (Å²) in [5, 5.41) is 6.22. The van der Waals surface area contributed by atoms with Crippen LogP contribution in [0.1, 0.15) is 48.9 Å². The minimum absolute atomic E-state index is 0.0174. The lowest BCUT2D eigenvalue weighted by atomic mass is 10.1. The molecular weight excluding hydrogens is 362 g/mol. The normalized spacial score (nSPS) is 12.6. The molecule has 152 valence electrons. The topological polar surface area (TPSA) is 82.7 Å². The predicted molar refractivity (Wildman–Crippen MR) is 119 cm³/mol. The summed E-state index contributed by atoms with van der Waals surface area (Å²) in [5.41, 5.74) is 7.34. The summed E-state index contributed by atoms with van der Waals surface area (Å²) in [6.45, 7) is 13.1. The molecule has 0 bridgehead atoms. The number of hydrogen-bond acceptors (Lipinski definition) is 4. The zero-order valence-electron chi connectivity index (χ0n) is 17.6. The van der Waals surface area contributed by atoms with Crippen molar-refractivity contribution in [1.82, 2.24) is 20.3 Å². The fourth-order valence-corrected chi connectivity index (χ4v) is 3.23. The maximum atomic E-state index is 12.0. The van der Waals surface area contributed by atoms with E-state index in [0.717, 1.165) is 64.4 Å². The number of nitrogens with zero attached hydrogens (tertiary/aromatic N) is 2. The molecule has 0 unspecified atom stereocenters. The van der Waals surface area contributed by atoms with E-state index in [9.17, 15) is 4.79 Å². The lowest BCUT2D eigenvalue weighted by Gasteiger charge is -2.11. The summed E-state index contributed by atoms with van der Waals surface area (Å²) in [4.78, 5) is 25.0. The molecule has 6 nitrogen and oxygen atoms in total. The van der Waals surface area contributed by atoms with Gasteiger partial charge in [0.15, 0.2) is 0 Å². The van der Waals surface area contributed by atoms with Crippen LogP contribution in [0.15, 0.2) is 36.4 Å². The number of hydrogen-bond donors (Lipinski definition) is 3. The monoisotopic (exact) mass is 391 g/mol. The van der Waals surface area contributed by atoms with E-state index in [1.807, 2.05) is 45.0 Å². The summed E-state index contributed by atoms with van der Waals surface area (Å²) >= 11 is 0. The van der Waals surface area contributed by atoms with Gasteiger partial charge in [0.25, 0.3) is 5.91 Å². The van der Waals surface area contributed by atoms with Crippen LogP contribution in [-0.4, -0.2) is 33.9 Å². The number of carbonyl (C=O) groups excluding carboxylic acids is 1. The van der Waals surface area contributed by atoms with Crippen LogP contribution in [0.2, 0.25) is 0 Å². The lowest BCUT2D eigenvalue weighted by molar-refractivity contribution is 0.0946. The van der Waals surface area contributed by atoms with E-state index < -0.39 is 0 Å². The number of anilines is 1. The van der Waals surface area contributed by atoms with Crippen LogP contribution in [0.25, 0.3) is 22.3 Å². The molecule has 3 N–H and O–H groups in total. The number of H-pyrrole nitrogens is 1. The van der Waals surface area contributed by atoms with Crippen LogP contribution in [0.5, 0.6) is 0 Å². The number of nitrogens with one attached hydrogen (secondary N) is 3. The minimum atomic E-state index is -0.0174. The van der Waals surface area contributed by atoms with Gasteiger partial charge in [-0.15, -0.1) is 6.58 Å². The number of benzene rings is 1. The van der Waals surface area contributed by atoms with Crippen molar-refractivity contribution in [3.63, 3.8) is 0 Å². The molecule has 0 atom stereocenters. The molecule has 3 heterocycles. The zero-order chi connectivity index (χ0) is 21.0. The van der Waals surface area contributed by atoms with Crippen molar-refractivity contribution in [2.45, 2.75) is 40.5 Å². The van der Waals surface area contributed by atoms with Crippen molar-refractivity contribution in [3.05, 3.63) is 53.4 Å². The van der Waals surface area contributed by atoms with Crippen molar-refractivity contribution < 1.29 is 4.79 Å². The third kappa shape index (κ3) is 4.65. The van der Waals surface area contributed by atoms with Gasteiger partial charge in [0.1, 0.15) is 11.3 Å². The Morgan fingerprint density at radius 2 is 2.00 bits per heavy atom. The first-order valence-corrected chi connectivity index (χ1v) is 10.0. The van der Waals surface area contributed by atoms with Crippen molar-refractivity contribution in [1.29, 1.82) is 0 Å². The van der Waals surface area contributed by atoms with E-state index in [2.05, 4.69) is 29.1 Å². The highest BCUT2D eigenvalue weighted by molar-refractivity contribution is 5.99. The van der Waals surface area contributed by atoms with Gasteiger partial charge in [0.2, 0.25) is 0 Å². The first kappa shape index (κ1) is 20.6. The number of amides is 1. The highest BCUT2D eigenvalue weighted by atomic mass is 16.1. The largest absolute Gasteiger partial charge is 0.369 e. The zero-order valence-corrected chi connectivity index (χ0v) is 17.6. The molecule has 1 aliphatic rings. The van der Waals surface area contributed by atoms with E-state index >= 15 is 0 Å². The van der Waals surface area contributed by atoms with E-state index in [1.165, 1.54) is 5.57 Å². The van der Waals surface area contributed by atoms with Crippen LogP contribution in [0.3, 0.4) is 0 Å². The van der Waals surface area contributed by atoms with Crippen molar-refractivity contribution in [2.24, 2.45) is 0 Å². The third-order valence-electron chi connectivity index (χ3n) is 4.51. The van der Waals surface area contributed by atoms with Crippen molar-refractivity contribution in [3.8, 4) is 11.3 Å². The van der Waals surface area contributed by atoms with Crippen molar-refractivity contribution in [2.75, 3.05) is 18.4 Å². The first-order valence-electron chi connectivity index (χ1n) is 10.0. The molecule has 1 aromatic carbocycles. The van der Waals surface area contributed by atoms with Crippen LogP contribution < -0.4 is 10.6 Å². The molecule has 0 saturated heterocycles. The third-order valence-corrected chi connectivity index (χ3v) is 4.51. The van der Waals surface area contributed by atoms with E-state index in [0.29, 0.717) is 6.54 Å². The Morgan fingerprint density at radius 1 is 1.24 bits per heavy atom. The van der Waals surface area contributed by atoms with Gasteiger partial charge in [-0.25, -0.2) is 9.97 Å². The number of rotatable bonds is 4. The predicted octanol–water partition coefficient (Wildman–Crippen LogP) is 4.62. The fraction of sp³-hybridized carbons (Fsp3) is 0.348. The molecule has 0 aliphatic carbocycles. The van der Waals surface area contributed by atoms with Crippen molar-refractivity contribution >= 4 is 22.8 Å². The number of allylic oxidation sites excluding steroid dienone is 1. The second kappa shape index (κ2) is 8.90. The van der Waals surface area contributed by atoms with Gasteiger partial charge in [0, 0.05) is 36.5 Å². The Balaban J connectivity index is 0.000000552. The Morgan fingerprint density at radius 3 is 2.69 bits per heavy atom.